The summed E-state index contributed by atoms with van der Waals surface area (Å²) in [5.41, 5.74) is 4.95. The molecule has 20 heavy (non-hydrogen) atoms. The average Bonchev–Trinajstić information content (AvgIpc) is 2.32. The van der Waals surface area contributed by atoms with Crippen molar-refractivity contribution >= 4 is 5.91 Å². The molecule has 0 fully saturated rings. The van der Waals surface area contributed by atoms with E-state index in [1.54, 1.807) is 0 Å². The molecule has 0 aromatic rings. The minimum Gasteiger partial charge on any atom is -0.368 e. The van der Waals surface area contributed by atoms with Crippen LogP contribution in [0.15, 0.2) is 0 Å². The number of nitrogens with two attached hydrogens (primary N) is 1. The molecule has 0 aliphatic heterocycles. The van der Waals surface area contributed by atoms with Crippen molar-refractivity contribution in [2.75, 3.05) is 46.8 Å². The van der Waals surface area contributed by atoms with Crippen molar-refractivity contribution in [2.24, 2.45) is 11.7 Å². The summed E-state index contributed by atoms with van der Waals surface area (Å²) in [6.45, 7) is 12.8. The second-order valence-electron chi connectivity index (χ2n) is 6.56. The van der Waals surface area contributed by atoms with Crippen molar-refractivity contribution in [1.82, 2.24) is 15.1 Å². The van der Waals surface area contributed by atoms with E-state index in [1.165, 1.54) is 0 Å². The second kappa shape index (κ2) is 9.32. The maximum atomic E-state index is 11.8. The predicted octanol–water partition coefficient (Wildman–Crippen LogP) is 0.750. The number of nitrogens with zero attached hydrogens (tertiary/aromatic N) is 2. The van der Waals surface area contributed by atoms with Gasteiger partial charge in [0.2, 0.25) is 5.91 Å². The van der Waals surface area contributed by atoms with Gasteiger partial charge < -0.3 is 16.0 Å². The van der Waals surface area contributed by atoms with E-state index >= 15 is 0 Å². The lowest BCUT2D eigenvalue weighted by molar-refractivity contribution is -0.124. The molecule has 0 rings (SSSR count). The molecule has 0 aliphatic carbocycles. The third kappa shape index (κ3) is 7.82. The van der Waals surface area contributed by atoms with Crippen molar-refractivity contribution in [1.29, 1.82) is 0 Å². The molecule has 1 amide bonds. The number of amides is 1. The molecule has 5 nitrogen and oxygen atoms in total. The molecule has 0 saturated heterocycles. The first-order valence-corrected chi connectivity index (χ1v) is 7.63. The Kier molecular flexibility index (Phi) is 9.01. The molecule has 5 heteroatoms. The maximum Gasteiger partial charge on any atom is 0.238 e. The van der Waals surface area contributed by atoms with E-state index in [-0.39, 0.29) is 5.91 Å². The zero-order valence-electron chi connectivity index (χ0n) is 14.2. The molecule has 0 saturated carbocycles. The molecule has 0 spiro atoms. The molecule has 0 heterocycles. The van der Waals surface area contributed by atoms with Crippen molar-refractivity contribution in [3.8, 4) is 0 Å². The summed E-state index contributed by atoms with van der Waals surface area (Å²) in [6, 6.07) is 0. The second-order valence-corrected chi connectivity index (χ2v) is 6.56. The van der Waals surface area contributed by atoms with Gasteiger partial charge in [-0.05, 0) is 39.9 Å². The first kappa shape index (κ1) is 19.4. The minimum atomic E-state index is -0.656. The molecule has 0 bridgehead atoms. The van der Waals surface area contributed by atoms with Crippen LogP contribution in [-0.2, 0) is 4.79 Å². The monoisotopic (exact) mass is 286 g/mol. The van der Waals surface area contributed by atoms with Crippen LogP contribution in [0.25, 0.3) is 0 Å². The molecule has 3 N–H and O–H groups in total. The van der Waals surface area contributed by atoms with Gasteiger partial charge in [0.25, 0.3) is 0 Å². The van der Waals surface area contributed by atoms with Gasteiger partial charge in [-0.15, -0.1) is 0 Å². The zero-order valence-corrected chi connectivity index (χ0v) is 14.2. The summed E-state index contributed by atoms with van der Waals surface area (Å²) in [7, 11) is 4.13. The van der Waals surface area contributed by atoms with E-state index in [2.05, 4.69) is 50.0 Å². The van der Waals surface area contributed by atoms with E-state index in [0.29, 0.717) is 12.5 Å². The smallest absolute Gasteiger partial charge is 0.238 e. The van der Waals surface area contributed by atoms with Crippen LogP contribution in [0.2, 0.25) is 0 Å². The number of hydrogen-bond donors (Lipinski definition) is 2. The first-order valence-electron chi connectivity index (χ1n) is 7.63. The number of nitrogens with one attached hydrogen (secondary N) is 1. The molecule has 0 radical (unpaired) electrons. The molecule has 1 unspecified atom stereocenters. The Balaban J connectivity index is 4.73. The minimum absolute atomic E-state index is 0.274. The first-order chi connectivity index (χ1) is 9.21. The third-order valence-corrected chi connectivity index (χ3v) is 3.34. The largest absolute Gasteiger partial charge is 0.368 e. The maximum absolute atomic E-state index is 11.8. The van der Waals surface area contributed by atoms with Crippen LogP contribution in [0.4, 0.5) is 0 Å². The molecule has 0 aromatic carbocycles. The fourth-order valence-corrected chi connectivity index (χ4v) is 2.16. The van der Waals surface area contributed by atoms with Gasteiger partial charge in [0.05, 0.1) is 0 Å². The van der Waals surface area contributed by atoms with Crippen LogP contribution >= 0.6 is 0 Å². The van der Waals surface area contributed by atoms with Gasteiger partial charge in [-0.2, -0.15) is 0 Å². The molecule has 0 aromatic heterocycles. The van der Waals surface area contributed by atoms with E-state index in [0.717, 1.165) is 32.6 Å². The van der Waals surface area contributed by atoms with Crippen LogP contribution in [0.5, 0.6) is 0 Å². The van der Waals surface area contributed by atoms with Crippen molar-refractivity contribution in [2.45, 2.75) is 39.7 Å². The Morgan fingerprint density at radius 3 is 2.30 bits per heavy atom. The highest BCUT2D eigenvalue weighted by Gasteiger charge is 2.32. The van der Waals surface area contributed by atoms with Crippen LogP contribution in [-0.4, -0.2) is 68.1 Å². The van der Waals surface area contributed by atoms with Crippen LogP contribution in [0.3, 0.4) is 0 Å². The van der Waals surface area contributed by atoms with E-state index in [1.807, 2.05) is 6.92 Å². The fraction of sp³-hybridized carbons (Fsp3) is 0.933. The average molecular weight is 286 g/mol. The number of carbonyl (C=O) groups excluding carboxylic acids is 1. The summed E-state index contributed by atoms with van der Waals surface area (Å²) in [4.78, 5) is 16.3. The van der Waals surface area contributed by atoms with Gasteiger partial charge in [0.1, 0.15) is 5.54 Å². The Hall–Kier alpha value is -0.650. The summed E-state index contributed by atoms with van der Waals surface area (Å²) in [5.74, 6) is 0.296. The standard InChI is InChI=1S/C15H34N4O/c1-7-8-17-15(4,14(16)20)12-19(11-13(2)3)10-9-18(5)6/h13,17H,7-12H2,1-6H3,(H2,16,20). The summed E-state index contributed by atoms with van der Waals surface area (Å²) in [6.07, 6.45) is 0.991. The highest BCUT2D eigenvalue weighted by atomic mass is 16.1. The Bertz CT molecular complexity index is 281. The highest BCUT2D eigenvalue weighted by Crippen LogP contribution is 2.09. The van der Waals surface area contributed by atoms with Crippen molar-refractivity contribution in [3.05, 3.63) is 0 Å². The number of likely N-dealkylation sites (N-methyl/N-ethyl adjacent to an activating group) is 1. The molecule has 120 valence electrons. The number of primary amides is 1. The Labute approximate surface area is 124 Å². The lowest BCUT2D eigenvalue weighted by atomic mass is 9.99. The van der Waals surface area contributed by atoms with Gasteiger partial charge in [-0.1, -0.05) is 20.8 Å². The number of carbonyl (C=O) groups is 1. The van der Waals surface area contributed by atoms with Gasteiger partial charge in [-0.25, -0.2) is 0 Å². The van der Waals surface area contributed by atoms with Crippen LogP contribution in [0, 0.1) is 5.92 Å². The summed E-state index contributed by atoms with van der Waals surface area (Å²) in [5, 5.41) is 3.31. The number of rotatable bonds is 11. The van der Waals surface area contributed by atoms with Gasteiger partial charge in [-0.3, -0.25) is 9.69 Å². The number of hydrogen-bond acceptors (Lipinski definition) is 4. The zero-order chi connectivity index (χ0) is 15.8. The Morgan fingerprint density at radius 2 is 1.90 bits per heavy atom. The highest BCUT2D eigenvalue weighted by molar-refractivity contribution is 5.84. The van der Waals surface area contributed by atoms with Crippen molar-refractivity contribution < 1.29 is 4.79 Å². The SMILES string of the molecule is CCCNC(C)(CN(CCN(C)C)CC(C)C)C(N)=O. The van der Waals surface area contributed by atoms with Gasteiger partial charge >= 0.3 is 0 Å². The van der Waals surface area contributed by atoms with Crippen molar-refractivity contribution in [3.63, 3.8) is 0 Å². The molecule has 1 atom stereocenters. The Morgan fingerprint density at radius 1 is 1.30 bits per heavy atom. The predicted molar refractivity (Wildman–Crippen MR) is 85.7 cm³/mol. The van der Waals surface area contributed by atoms with Crippen LogP contribution in [0.1, 0.15) is 34.1 Å². The lowest BCUT2D eigenvalue weighted by Gasteiger charge is -2.35. The summed E-state index contributed by atoms with van der Waals surface area (Å²) >= 11 is 0. The van der Waals surface area contributed by atoms with Gasteiger partial charge in [0, 0.05) is 26.2 Å². The normalized spacial score (nSPS) is 15.1. The van der Waals surface area contributed by atoms with Crippen LogP contribution < -0.4 is 11.1 Å². The third-order valence-electron chi connectivity index (χ3n) is 3.34. The summed E-state index contributed by atoms with van der Waals surface area (Å²) < 4.78 is 0. The fourth-order valence-electron chi connectivity index (χ4n) is 2.16. The van der Waals surface area contributed by atoms with Gasteiger partial charge in [0.15, 0.2) is 0 Å². The van der Waals surface area contributed by atoms with E-state index in [4.69, 9.17) is 5.73 Å². The van der Waals surface area contributed by atoms with E-state index < -0.39 is 5.54 Å². The molecular formula is C15H34N4O. The quantitative estimate of drug-likeness (QED) is 0.588. The lowest BCUT2D eigenvalue weighted by Crippen LogP contribution is -2.60. The van der Waals surface area contributed by atoms with E-state index in [9.17, 15) is 4.79 Å². The topological polar surface area (TPSA) is 61.6 Å². The molecular weight excluding hydrogens is 252 g/mol. The molecule has 0 aliphatic rings.